The van der Waals surface area contributed by atoms with Crippen molar-refractivity contribution in [2.75, 3.05) is 39.3 Å². The number of carbonyl (C=O) groups excluding carboxylic acids is 1. The lowest BCUT2D eigenvalue weighted by Gasteiger charge is -2.36. The van der Waals surface area contributed by atoms with Gasteiger partial charge in [0.25, 0.3) is 0 Å². The van der Waals surface area contributed by atoms with Crippen LogP contribution in [0.4, 0.5) is 4.79 Å². The second-order valence-corrected chi connectivity index (χ2v) is 9.33. The summed E-state index contributed by atoms with van der Waals surface area (Å²) in [7, 11) is 0. The van der Waals surface area contributed by atoms with Gasteiger partial charge < -0.3 is 19.5 Å². The summed E-state index contributed by atoms with van der Waals surface area (Å²) in [5.41, 5.74) is 0.440. The van der Waals surface area contributed by atoms with Crippen molar-refractivity contribution < 1.29 is 19.4 Å². The van der Waals surface area contributed by atoms with Gasteiger partial charge >= 0.3 is 6.09 Å². The molecule has 0 saturated carbocycles. The third kappa shape index (κ3) is 5.80. The van der Waals surface area contributed by atoms with Crippen molar-refractivity contribution in [1.82, 2.24) is 14.8 Å². The maximum Gasteiger partial charge on any atom is 0.410 e. The Balaban J connectivity index is 1.41. The van der Waals surface area contributed by atoms with Gasteiger partial charge in [-0.25, -0.2) is 9.78 Å². The lowest BCUT2D eigenvalue weighted by Crippen LogP contribution is -2.51. The number of benzene rings is 1. The normalized spacial score (nSPS) is 17.0. The summed E-state index contributed by atoms with van der Waals surface area (Å²) < 4.78 is 12.3. The molecule has 8 heteroatoms. The number of thiazole rings is 1. The average Bonchev–Trinajstić information content (AvgIpc) is 2.98. The van der Waals surface area contributed by atoms with Crippen LogP contribution >= 0.6 is 11.3 Å². The lowest BCUT2D eigenvalue weighted by atomic mass is 10.2. The zero-order chi connectivity index (χ0) is 20.3. The van der Waals surface area contributed by atoms with Crippen molar-refractivity contribution in [2.45, 2.75) is 39.4 Å². The molecular formula is C20H29N3O4S. The van der Waals surface area contributed by atoms with Crippen molar-refractivity contribution in [1.29, 1.82) is 0 Å². The highest BCUT2D eigenvalue weighted by Gasteiger charge is 2.26. The number of hydrogen-bond donors (Lipinski definition) is 1. The fraction of sp³-hybridized carbons (Fsp3) is 0.600. The first kappa shape index (κ1) is 20.8. The van der Waals surface area contributed by atoms with E-state index >= 15 is 0 Å². The molecule has 1 fully saturated rings. The maximum atomic E-state index is 12.1. The Hall–Kier alpha value is -1.90. The van der Waals surface area contributed by atoms with Crippen LogP contribution in [0.1, 0.15) is 25.8 Å². The van der Waals surface area contributed by atoms with Gasteiger partial charge in [-0.1, -0.05) is 0 Å². The van der Waals surface area contributed by atoms with Crippen LogP contribution in [0.3, 0.4) is 0 Å². The zero-order valence-electron chi connectivity index (χ0n) is 17.0. The van der Waals surface area contributed by atoms with Crippen molar-refractivity contribution in [3.05, 3.63) is 23.2 Å². The first-order chi connectivity index (χ1) is 13.2. The van der Waals surface area contributed by atoms with Gasteiger partial charge in [0.1, 0.15) is 24.1 Å². The molecule has 7 nitrogen and oxygen atoms in total. The van der Waals surface area contributed by atoms with E-state index < -0.39 is 11.7 Å². The Bertz CT molecular complexity index is 809. The summed E-state index contributed by atoms with van der Waals surface area (Å²) in [4.78, 5) is 20.4. The third-order valence-corrected chi connectivity index (χ3v) is 5.35. The minimum Gasteiger partial charge on any atom is -0.491 e. The Kier molecular flexibility index (Phi) is 6.42. The lowest BCUT2D eigenvalue weighted by molar-refractivity contribution is 0.00713. The third-order valence-electron chi connectivity index (χ3n) is 4.40. The van der Waals surface area contributed by atoms with Crippen molar-refractivity contribution in [2.24, 2.45) is 0 Å². The molecule has 3 rings (SSSR count). The number of piperazine rings is 1. The van der Waals surface area contributed by atoms with Crippen LogP contribution < -0.4 is 4.74 Å². The molecule has 1 aliphatic rings. The van der Waals surface area contributed by atoms with E-state index in [1.165, 1.54) is 0 Å². The maximum absolute atomic E-state index is 12.1. The fourth-order valence-corrected chi connectivity index (χ4v) is 3.90. The van der Waals surface area contributed by atoms with E-state index in [4.69, 9.17) is 9.47 Å². The molecule has 1 N–H and O–H groups in total. The standard InChI is InChI=1S/C20H29N3O4S/c1-14-21-17-11-16(5-6-18(17)28-14)26-13-15(24)12-22-7-9-23(10-8-22)19(25)27-20(2,3)4/h5-6,11,15,24H,7-10,12-13H2,1-4H3. The minimum atomic E-state index is -0.596. The molecule has 28 heavy (non-hydrogen) atoms. The van der Waals surface area contributed by atoms with Crippen LogP contribution in [0.5, 0.6) is 5.75 Å². The molecule has 1 aliphatic heterocycles. The summed E-state index contributed by atoms with van der Waals surface area (Å²) in [6.45, 7) is 10.9. The summed E-state index contributed by atoms with van der Waals surface area (Å²) in [6, 6.07) is 5.81. The van der Waals surface area contributed by atoms with Crippen LogP contribution in [0.25, 0.3) is 10.2 Å². The number of aryl methyl sites for hydroxylation is 1. The largest absolute Gasteiger partial charge is 0.491 e. The second-order valence-electron chi connectivity index (χ2n) is 8.10. The van der Waals surface area contributed by atoms with E-state index in [2.05, 4.69) is 9.88 Å². The van der Waals surface area contributed by atoms with Gasteiger partial charge in [0.2, 0.25) is 0 Å². The molecule has 0 spiro atoms. The van der Waals surface area contributed by atoms with Gasteiger partial charge in [-0.2, -0.15) is 0 Å². The number of rotatable bonds is 5. The summed E-state index contributed by atoms with van der Waals surface area (Å²) in [5, 5.41) is 11.3. The first-order valence-electron chi connectivity index (χ1n) is 9.58. The molecule has 2 heterocycles. The number of amides is 1. The molecule has 1 saturated heterocycles. The predicted molar refractivity (Wildman–Crippen MR) is 110 cm³/mol. The van der Waals surface area contributed by atoms with Crippen LogP contribution in [-0.4, -0.2) is 77.0 Å². The molecular weight excluding hydrogens is 378 g/mol. The summed E-state index contributed by atoms with van der Waals surface area (Å²) >= 11 is 1.65. The Morgan fingerprint density at radius 3 is 2.68 bits per heavy atom. The highest BCUT2D eigenvalue weighted by atomic mass is 32.1. The number of carbonyl (C=O) groups is 1. The van der Waals surface area contributed by atoms with Crippen molar-refractivity contribution in [3.63, 3.8) is 0 Å². The number of aliphatic hydroxyl groups is 1. The number of aromatic nitrogens is 1. The van der Waals surface area contributed by atoms with Crippen LogP contribution in [0, 0.1) is 6.92 Å². The molecule has 0 bridgehead atoms. The highest BCUT2D eigenvalue weighted by molar-refractivity contribution is 7.18. The Morgan fingerprint density at radius 1 is 1.29 bits per heavy atom. The molecule has 1 aromatic heterocycles. The average molecular weight is 408 g/mol. The van der Waals surface area contributed by atoms with Gasteiger partial charge in [0, 0.05) is 38.8 Å². The number of fused-ring (bicyclic) bond motifs is 1. The molecule has 1 amide bonds. The number of nitrogens with zero attached hydrogens (tertiary/aromatic N) is 3. The molecule has 0 radical (unpaired) electrons. The van der Waals surface area contributed by atoms with E-state index in [0.29, 0.717) is 38.5 Å². The van der Waals surface area contributed by atoms with E-state index in [1.54, 1.807) is 16.2 Å². The monoisotopic (exact) mass is 407 g/mol. The smallest absolute Gasteiger partial charge is 0.410 e. The van der Waals surface area contributed by atoms with Gasteiger partial charge in [0.15, 0.2) is 0 Å². The zero-order valence-corrected chi connectivity index (χ0v) is 17.8. The van der Waals surface area contributed by atoms with Crippen molar-refractivity contribution in [3.8, 4) is 5.75 Å². The van der Waals surface area contributed by atoms with E-state index in [-0.39, 0.29) is 12.7 Å². The number of aliphatic hydroxyl groups excluding tert-OH is 1. The Morgan fingerprint density at radius 2 is 2.00 bits per heavy atom. The summed E-state index contributed by atoms with van der Waals surface area (Å²) in [5.74, 6) is 0.714. The van der Waals surface area contributed by atoms with E-state index in [1.807, 2.05) is 45.9 Å². The van der Waals surface area contributed by atoms with Gasteiger partial charge in [-0.05, 0) is 39.8 Å². The predicted octanol–water partition coefficient (Wildman–Crippen LogP) is 2.90. The summed E-state index contributed by atoms with van der Waals surface area (Å²) in [6.07, 6.45) is -0.871. The SMILES string of the molecule is Cc1nc2cc(OCC(O)CN3CCN(C(=O)OC(C)(C)C)CC3)ccc2s1. The number of hydrogen-bond acceptors (Lipinski definition) is 7. The highest BCUT2D eigenvalue weighted by Crippen LogP contribution is 2.25. The second kappa shape index (κ2) is 8.63. The van der Waals surface area contributed by atoms with Gasteiger partial charge in [0.05, 0.1) is 15.2 Å². The van der Waals surface area contributed by atoms with Gasteiger partial charge in [-0.15, -0.1) is 11.3 Å². The van der Waals surface area contributed by atoms with E-state index in [9.17, 15) is 9.90 Å². The molecule has 0 aliphatic carbocycles. The van der Waals surface area contributed by atoms with Crippen LogP contribution in [-0.2, 0) is 4.74 Å². The fourth-order valence-electron chi connectivity index (χ4n) is 3.09. The van der Waals surface area contributed by atoms with Crippen LogP contribution in [0.2, 0.25) is 0 Å². The van der Waals surface area contributed by atoms with Crippen molar-refractivity contribution >= 4 is 27.6 Å². The van der Waals surface area contributed by atoms with Gasteiger partial charge in [-0.3, -0.25) is 4.90 Å². The van der Waals surface area contributed by atoms with E-state index in [0.717, 1.165) is 15.2 Å². The Labute approximate surface area is 169 Å². The molecule has 2 aromatic rings. The topological polar surface area (TPSA) is 75.1 Å². The quantitative estimate of drug-likeness (QED) is 0.821. The molecule has 1 atom stereocenters. The first-order valence-corrected chi connectivity index (χ1v) is 10.4. The molecule has 154 valence electrons. The molecule has 1 aromatic carbocycles. The van der Waals surface area contributed by atoms with Crippen LogP contribution in [0.15, 0.2) is 18.2 Å². The number of ether oxygens (including phenoxy) is 2. The molecule has 1 unspecified atom stereocenters. The number of β-amino-alcohol motifs (C(OH)–C–C–N with tert-alkyl or cyclic N) is 1. The minimum absolute atomic E-state index is 0.223.